The van der Waals surface area contributed by atoms with E-state index in [4.69, 9.17) is 0 Å². The minimum Gasteiger partial charge on any atom is -0.338 e. The van der Waals surface area contributed by atoms with E-state index in [1.54, 1.807) is 12.4 Å². The van der Waals surface area contributed by atoms with Crippen LogP contribution in [0, 0.1) is 5.92 Å². The second-order valence-electron chi connectivity index (χ2n) is 5.14. The molecule has 1 atom stereocenters. The third-order valence-electron chi connectivity index (χ3n) is 3.81. The van der Waals surface area contributed by atoms with E-state index in [0.29, 0.717) is 11.5 Å². The number of carbonyl (C=O) groups is 1. The van der Waals surface area contributed by atoms with Crippen molar-refractivity contribution in [2.75, 3.05) is 18.4 Å². The van der Waals surface area contributed by atoms with Gasteiger partial charge >= 0.3 is 0 Å². The highest BCUT2D eigenvalue weighted by atomic mass is 79.9. The third kappa shape index (κ3) is 2.68. The summed E-state index contributed by atoms with van der Waals surface area (Å²) in [7, 11) is 0. The molecule has 0 bridgehead atoms. The molecule has 0 aliphatic carbocycles. The summed E-state index contributed by atoms with van der Waals surface area (Å²) in [6, 6.07) is 5.54. The Bertz CT molecular complexity index is 631. The number of amides is 1. The fourth-order valence-electron chi connectivity index (χ4n) is 2.69. The summed E-state index contributed by atoms with van der Waals surface area (Å²) in [6.45, 7) is 1.72. The Kier molecular flexibility index (Phi) is 3.96. The van der Waals surface area contributed by atoms with Gasteiger partial charge in [-0.15, -0.1) is 0 Å². The van der Waals surface area contributed by atoms with Crippen LogP contribution in [-0.4, -0.2) is 39.2 Å². The van der Waals surface area contributed by atoms with Gasteiger partial charge in [-0.1, -0.05) is 15.9 Å². The van der Waals surface area contributed by atoms with Gasteiger partial charge in [0.1, 0.15) is 0 Å². The average molecular weight is 334 g/mol. The quantitative estimate of drug-likeness (QED) is 0.811. The number of rotatable bonds is 3. The number of hydrogen-bond donors (Lipinski definition) is 0. The third-order valence-corrected chi connectivity index (χ3v) is 4.26. The summed E-state index contributed by atoms with van der Waals surface area (Å²) in [4.78, 5) is 22.9. The second kappa shape index (κ2) is 5.87. The molecule has 0 saturated carbocycles. The lowest BCUT2D eigenvalue weighted by Crippen LogP contribution is -2.28. The minimum atomic E-state index is 0.106. The van der Waals surface area contributed by atoms with Crippen LogP contribution >= 0.6 is 15.9 Å². The van der Waals surface area contributed by atoms with E-state index in [1.165, 1.54) is 0 Å². The molecule has 1 aromatic carbocycles. The molecule has 1 aromatic heterocycles. The number of likely N-dealkylation sites (tertiary alicyclic amines) is 1. The summed E-state index contributed by atoms with van der Waals surface area (Å²) in [5, 5.41) is 1.01. The summed E-state index contributed by atoms with van der Waals surface area (Å²) >= 11 is 3.47. The lowest BCUT2D eigenvalue weighted by Gasteiger charge is -2.16. The smallest absolute Gasteiger partial charge is 0.253 e. The van der Waals surface area contributed by atoms with Gasteiger partial charge in [-0.25, -0.2) is 0 Å². The Morgan fingerprint density at radius 3 is 2.90 bits per heavy atom. The number of carbonyl (C=O) groups excluding carboxylic acids is 1. The van der Waals surface area contributed by atoms with Gasteiger partial charge in [0.05, 0.1) is 11.0 Å². The first kappa shape index (κ1) is 13.5. The van der Waals surface area contributed by atoms with E-state index >= 15 is 0 Å². The highest BCUT2D eigenvalue weighted by Crippen LogP contribution is 2.22. The molecule has 1 aliphatic heterocycles. The highest BCUT2D eigenvalue weighted by molar-refractivity contribution is 9.09. The molecule has 0 N–H and O–H groups in total. The number of aromatic nitrogens is 2. The molecular weight excluding hydrogens is 318 g/mol. The first-order chi connectivity index (χ1) is 9.78. The van der Waals surface area contributed by atoms with E-state index in [0.717, 1.165) is 42.3 Å². The normalized spacial score (nSPS) is 18.6. The Morgan fingerprint density at radius 1 is 1.30 bits per heavy atom. The maximum atomic E-state index is 12.5. The van der Waals surface area contributed by atoms with Crippen molar-refractivity contribution in [3.63, 3.8) is 0 Å². The lowest BCUT2D eigenvalue weighted by molar-refractivity contribution is 0.0787. The maximum Gasteiger partial charge on any atom is 0.253 e. The highest BCUT2D eigenvalue weighted by Gasteiger charge is 2.26. The minimum absolute atomic E-state index is 0.106. The van der Waals surface area contributed by atoms with Crippen LogP contribution in [0.3, 0.4) is 0 Å². The van der Waals surface area contributed by atoms with Gasteiger partial charge < -0.3 is 4.90 Å². The van der Waals surface area contributed by atoms with Gasteiger partial charge in [-0.2, -0.15) is 0 Å². The number of fused-ring (bicyclic) bond motifs is 1. The molecule has 4 nitrogen and oxygen atoms in total. The molecule has 20 heavy (non-hydrogen) atoms. The van der Waals surface area contributed by atoms with Crippen molar-refractivity contribution in [2.45, 2.75) is 12.8 Å². The van der Waals surface area contributed by atoms with Crippen molar-refractivity contribution in [1.82, 2.24) is 14.9 Å². The Morgan fingerprint density at radius 2 is 2.10 bits per heavy atom. The maximum absolute atomic E-state index is 12.5. The zero-order valence-electron chi connectivity index (χ0n) is 11.1. The van der Waals surface area contributed by atoms with Gasteiger partial charge in [0, 0.05) is 36.4 Å². The van der Waals surface area contributed by atoms with E-state index < -0.39 is 0 Å². The molecule has 3 rings (SSSR count). The number of hydrogen-bond acceptors (Lipinski definition) is 3. The zero-order valence-corrected chi connectivity index (χ0v) is 12.7. The summed E-state index contributed by atoms with van der Waals surface area (Å²) < 4.78 is 0. The summed E-state index contributed by atoms with van der Waals surface area (Å²) in [5.74, 6) is 0.730. The van der Waals surface area contributed by atoms with Crippen molar-refractivity contribution < 1.29 is 4.79 Å². The predicted octanol–water partition coefficient (Wildman–Crippen LogP) is 2.88. The van der Waals surface area contributed by atoms with Crippen LogP contribution in [0.15, 0.2) is 30.6 Å². The molecule has 104 valence electrons. The van der Waals surface area contributed by atoms with Gasteiger partial charge in [0.15, 0.2) is 0 Å². The van der Waals surface area contributed by atoms with Gasteiger partial charge in [-0.05, 0) is 37.0 Å². The average Bonchev–Trinajstić information content (AvgIpc) is 2.95. The van der Waals surface area contributed by atoms with E-state index in [1.807, 2.05) is 23.1 Å². The van der Waals surface area contributed by atoms with Crippen LogP contribution in [0.25, 0.3) is 11.0 Å². The fraction of sp³-hybridized carbons (Fsp3) is 0.400. The standard InChI is InChI=1S/C15H16BrN3O/c16-5-3-11-4-8-19(10-11)15(20)12-1-2-13-14(9-12)18-7-6-17-13/h1-2,6-7,9,11H,3-5,8,10H2. The van der Waals surface area contributed by atoms with Gasteiger partial charge in [-0.3, -0.25) is 14.8 Å². The summed E-state index contributed by atoms with van der Waals surface area (Å²) in [6.07, 6.45) is 5.55. The second-order valence-corrected chi connectivity index (χ2v) is 5.94. The van der Waals surface area contributed by atoms with Gasteiger partial charge in [0.25, 0.3) is 5.91 Å². The molecule has 1 aliphatic rings. The Hall–Kier alpha value is -1.49. The number of alkyl halides is 1. The number of nitrogens with zero attached hydrogens (tertiary/aromatic N) is 3. The summed E-state index contributed by atoms with van der Waals surface area (Å²) in [5.41, 5.74) is 2.30. The Labute approximate surface area is 126 Å². The SMILES string of the molecule is O=C(c1ccc2nccnc2c1)N1CCC(CCBr)C1. The van der Waals surface area contributed by atoms with Crippen molar-refractivity contribution in [3.05, 3.63) is 36.2 Å². The molecule has 0 radical (unpaired) electrons. The fourth-order valence-corrected chi connectivity index (χ4v) is 3.33. The first-order valence-corrected chi connectivity index (χ1v) is 7.96. The first-order valence-electron chi connectivity index (χ1n) is 6.84. The monoisotopic (exact) mass is 333 g/mol. The molecule has 1 unspecified atom stereocenters. The van der Waals surface area contributed by atoms with Crippen LogP contribution in [0.5, 0.6) is 0 Å². The van der Waals surface area contributed by atoms with Crippen molar-refractivity contribution >= 4 is 32.9 Å². The van der Waals surface area contributed by atoms with E-state index in [9.17, 15) is 4.79 Å². The van der Waals surface area contributed by atoms with Crippen molar-refractivity contribution in [2.24, 2.45) is 5.92 Å². The van der Waals surface area contributed by atoms with Gasteiger partial charge in [0.2, 0.25) is 0 Å². The van der Waals surface area contributed by atoms with Crippen molar-refractivity contribution in [1.29, 1.82) is 0 Å². The van der Waals surface area contributed by atoms with Crippen LogP contribution < -0.4 is 0 Å². The molecule has 1 amide bonds. The molecule has 5 heteroatoms. The van der Waals surface area contributed by atoms with Crippen LogP contribution in [0.4, 0.5) is 0 Å². The molecule has 0 spiro atoms. The lowest BCUT2D eigenvalue weighted by atomic mass is 10.1. The molecule has 2 aromatic rings. The van der Waals surface area contributed by atoms with E-state index in [2.05, 4.69) is 25.9 Å². The molecule has 1 fully saturated rings. The molecule has 1 saturated heterocycles. The Balaban J connectivity index is 1.79. The van der Waals surface area contributed by atoms with Crippen LogP contribution in [-0.2, 0) is 0 Å². The number of halogens is 1. The molecule has 2 heterocycles. The molecular formula is C15H16BrN3O. The van der Waals surface area contributed by atoms with Crippen LogP contribution in [0.1, 0.15) is 23.2 Å². The topological polar surface area (TPSA) is 46.1 Å². The predicted molar refractivity (Wildman–Crippen MR) is 82.0 cm³/mol. The van der Waals surface area contributed by atoms with Crippen LogP contribution in [0.2, 0.25) is 0 Å². The van der Waals surface area contributed by atoms with Crippen molar-refractivity contribution in [3.8, 4) is 0 Å². The zero-order chi connectivity index (χ0) is 13.9. The van der Waals surface area contributed by atoms with E-state index in [-0.39, 0.29) is 5.91 Å². The number of benzene rings is 1. The largest absolute Gasteiger partial charge is 0.338 e.